The van der Waals surface area contributed by atoms with Crippen molar-refractivity contribution in [3.05, 3.63) is 29.8 Å². The molecule has 3 nitrogen and oxygen atoms in total. The zero-order chi connectivity index (χ0) is 10.9. The number of hydrogen-bond acceptors (Lipinski definition) is 3. The summed E-state index contributed by atoms with van der Waals surface area (Å²) in [6.45, 7) is 6.24. The van der Waals surface area contributed by atoms with Gasteiger partial charge in [0.05, 0.1) is 0 Å². The van der Waals surface area contributed by atoms with E-state index in [2.05, 4.69) is 24.5 Å². The predicted octanol–water partition coefficient (Wildman–Crippen LogP) is 1.40. The molecule has 0 saturated carbocycles. The van der Waals surface area contributed by atoms with Crippen LogP contribution in [-0.2, 0) is 0 Å². The van der Waals surface area contributed by atoms with E-state index >= 15 is 0 Å². The molecule has 2 rings (SSSR count). The van der Waals surface area contributed by atoms with Gasteiger partial charge in [-0.3, -0.25) is 0 Å². The topological polar surface area (TPSA) is 44.3 Å². The number of phenols is 1. The average Bonchev–Trinajstić information content (AvgIpc) is 2.16. The van der Waals surface area contributed by atoms with Crippen molar-refractivity contribution < 1.29 is 5.11 Å². The third kappa shape index (κ3) is 2.49. The Kier molecular flexibility index (Phi) is 2.67. The van der Waals surface area contributed by atoms with Gasteiger partial charge in [0.2, 0.25) is 0 Å². The summed E-state index contributed by atoms with van der Waals surface area (Å²) in [5.74, 6) is 0.331. The molecular weight excluding hydrogens is 188 g/mol. The Morgan fingerprint density at radius 3 is 2.87 bits per heavy atom. The lowest BCUT2D eigenvalue weighted by molar-refractivity contribution is 0.264. The molecule has 0 bridgehead atoms. The van der Waals surface area contributed by atoms with E-state index in [9.17, 15) is 5.11 Å². The van der Waals surface area contributed by atoms with Crippen molar-refractivity contribution in [3.8, 4) is 5.75 Å². The Balaban J connectivity index is 2.17. The first-order chi connectivity index (χ1) is 7.07. The molecule has 3 N–H and O–H groups in total. The third-order valence-electron chi connectivity index (χ3n) is 2.75. The molecule has 0 aliphatic carbocycles. The van der Waals surface area contributed by atoms with Crippen molar-refractivity contribution in [3.63, 3.8) is 0 Å². The number of aromatic hydroxyl groups is 1. The maximum absolute atomic E-state index is 9.43. The van der Waals surface area contributed by atoms with Gasteiger partial charge in [0.25, 0.3) is 0 Å². The highest BCUT2D eigenvalue weighted by Gasteiger charge is 2.27. The molecular formula is C12H18N2O. The van der Waals surface area contributed by atoms with E-state index in [4.69, 9.17) is 0 Å². The van der Waals surface area contributed by atoms with E-state index in [1.54, 1.807) is 6.07 Å². The second kappa shape index (κ2) is 3.83. The zero-order valence-corrected chi connectivity index (χ0v) is 9.25. The smallest absolute Gasteiger partial charge is 0.115 e. The van der Waals surface area contributed by atoms with Crippen LogP contribution in [0.3, 0.4) is 0 Å². The quantitative estimate of drug-likeness (QED) is 0.651. The molecule has 82 valence electrons. The van der Waals surface area contributed by atoms with E-state index < -0.39 is 0 Å². The van der Waals surface area contributed by atoms with Gasteiger partial charge in [-0.15, -0.1) is 0 Å². The molecule has 0 aromatic heterocycles. The molecule has 1 heterocycles. The van der Waals surface area contributed by atoms with Gasteiger partial charge in [-0.2, -0.15) is 0 Å². The van der Waals surface area contributed by atoms with Crippen molar-refractivity contribution in [1.82, 2.24) is 10.6 Å². The maximum Gasteiger partial charge on any atom is 0.115 e. The molecule has 0 amide bonds. The summed E-state index contributed by atoms with van der Waals surface area (Å²) in [5.41, 5.74) is 1.24. The fraction of sp³-hybridized carbons (Fsp3) is 0.500. The van der Waals surface area contributed by atoms with Gasteiger partial charge < -0.3 is 15.7 Å². The fourth-order valence-electron chi connectivity index (χ4n) is 2.05. The molecule has 1 unspecified atom stereocenters. The minimum absolute atomic E-state index is 0.106. The summed E-state index contributed by atoms with van der Waals surface area (Å²) in [4.78, 5) is 0. The van der Waals surface area contributed by atoms with E-state index in [1.165, 1.54) is 0 Å². The van der Waals surface area contributed by atoms with Gasteiger partial charge >= 0.3 is 0 Å². The highest BCUT2D eigenvalue weighted by molar-refractivity contribution is 5.30. The van der Waals surface area contributed by atoms with Crippen LogP contribution in [0.4, 0.5) is 0 Å². The summed E-state index contributed by atoms with van der Waals surface area (Å²) >= 11 is 0. The Morgan fingerprint density at radius 2 is 2.20 bits per heavy atom. The third-order valence-corrected chi connectivity index (χ3v) is 2.75. The van der Waals surface area contributed by atoms with E-state index in [0.717, 1.165) is 18.7 Å². The molecule has 1 atom stereocenters. The monoisotopic (exact) mass is 206 g/mol. The van der Waals surface area contributed by atoms with Crippen molar-refractivity contribution in [1.29, 1.82) is 0 Å². The molecule has 1 aliphatic rings. The largest absolute Gasteiger partial charge is 0.508 e. The second-order valence-electron chi connectivity index (χ2n) is 4.81. The molecule has 1 aromatic carbocycles. The van der Waals surface area contributed by atoms with E-state index in [0.29, 0.717) is 5.75 Å². The van der Waals surface area contributed by atoms with Crippen LogP contribution in [0.5, 0.6) is 5.75 Å². The van der Waals surface area contributed by atoms with Gasteiger partial charge in [-0.1, -0.05) is 12.1 Å². The van der Waals surface area contributed by atoms with Crippen LogP contribution < -0.4 is 10.6 Å². The van der Waals surface area contributed by atoms with Crippen LogP contribution in [0.2, 0.25) is 0 Å². The van der Waals surface area contributed by atoms with Crippen LogP contribution in [-0.4, -0.2) is 23.7 Å². The lowest BCUT2D eigenvalue weighted by Gasteiger charge is -2.38. The zero-order valence-electron chi connectivity index (χ0n) is 9.25. The minimum atomic E-state index is 0.106. The lowest BCUT2D eigenvalue weighted by Crippen LogP contribution is -2.56. The number of piperazine rings is 1. The summed E-state index contributed by atoms with van der Waals surface area (Å²) < 4.78 is 0. The number of nitrogens with one attached hydrogen (secondary N) is 2. The summed E-state index contributed by atoms with van der Waals surface area (Å²) in [6, 6.07) is 7.72. The summed E-state index contributed by atoms with van der Waals surface area (Å²) in [7, 11) is 0. The Bertz CT molecular complexity index is 349. The van der Waals surface area contributed by atoms with Crippen molar-refractivity contribution in [2.75, 3.05) is 13.1 Å². The molecule has 3 heteroatoms. The van der Waals surface area contributed by atoms with Gasteiger partial charge in [-0.05, 0) is 31.5 Å². The first kappa shape index (κ1) is 10.5. The highest BCUT2D eigenvalue weighted by atomic mass is 16.3. The second-order valence-corrected chi connectivity index (χ2v) is 4.81. The van der Waals surface area contributed by atoms with Crippen LogP contribution in [0, 0.1) is 0 Å². The average molecular weight is 206 g/mol. The van der Waals surface area contributed by atoms with Gasteiger partial charge in [-0.25, -0.2) is 0 Å². The Morgan fingerprint density at radius 1 is 1.40 bits per heavy atom. The number of benzene rings is 1. The molecule has 15 heavy (non-hydrogen) atoms. The van der Waals surface area contributed by atoms with Crippen molar-refractivity contribution in [2.24, 2.45) is 0 Å². The number of phenolic OH excluding ortho intramolecular Hbond substituents is 1. The molecule has 1 saturated heterocycles. The maximum atomic E-state index is 9.43. The SMILES string of the molecule is CC1(C)CNCC(c2cccc(O)c2)N1. The first-order valence-corrected chi connectivity index (χ1v) is 5.34. The number of hydrogen-bond donors (Lipinski definition) is 3. The van der Waals surface area contributed by atoms with Crippen LogP contribution in [0.15, 0.2) is 24.3 Å². The lowest BCUT2D eigenvalue weighted by atomic mass is 9.96. The normalized spacial score (nSPS) is 25.1. The predicted molar refractivity (Wildman–Crippen MR) is 60.9 cm³/mol. The molecule has 0 radical (unpaired) electrons. The standard InChI is InChI=1S/C12H18N2O/c1-12(2)8-13-7-11(14-12)9-4-3-5-10(15)6-9/h3-6,11,13-15H,7-8H2,1-2H3. The van der Waals surface area contributed by atoms with Crippen molar-refractivity contribution in [2.45, 2.75) is 25.4 Å². The molecule has 1 fully saturated rings. The van der Waals surface area contributed by atoms with Gasteiger partial charge in [0, 0.05) is 24.7 Å². The number of rotatable bonds is 1. The highest BCUT2D eigenvalue weighted by Crippen LogP contribution is 2.22. The Labute approximate surface area is 90.5 Å². The molecule has 1 aliphatic heterocycles. The minimum Gasteiger partial charge on any atom is -0.508 e. The summed E-state index contributed by atoms with van der Waals surface area (Å²) in [6.07, 6.45) is 0. The van der Waals surface area contributed by atoms with Crippen molar-refractivity contribution >= 4 is 0 Å². The van der Waals surface area contributed by atoms with Crippen LogP contribution in [0.25, 0.3) is 0 Å². The molecule has 0 spiro atoms. The van der Waals surface area contributed by atoms with Crippen LogP contribution >= 0.6 is 0 Å². The van der Waals surface area contributed by atoms with Crippen LogP contribution in [0.1, 0.15) is 25.5 Å². The van der Waals surface area contributed by atoms with E-state index in [1.807, 2.05) is 18.2 Å². The summed E-state index contributed by atoms with van der Waals surface area (Å²) in [5, 5.41) is 16.4. The van der Waals surface area contributed by atoms with Gasteiger partial charge in [0.15, 0.2) is 0 Å². The van der Waals surface area contributed by atoms with E-state index in [-0.39, 0.29) is 11.6 Å². The molecule has 1 aromatic rings. The Hall–Kier alpha value is -1.06. The van der Waals surface area contributed by atoms with Gasteiger partial charge in [0.1, 0.15) is 5.75 Å². The first-order valence-electron chi connectivity index (χ1n) is 5.34. The fourth-order valence-corrected chi connectivity index (χ4v) is 2.05.